The van der Waals surface area contributed by atoms with Crippen LogP contribution in [-0.2, 0) is 5.41 Å². The summed E-state index contributed by atoms with van der Waals surface area (Å²) in [7, 11) is 0. The Morgan fingerprint density at radius 1 is 1.10 bits per heavy atom. The number of carbonyl (C=O) groups excluding carboxylic acids is 1. The summed E-state index contributed by atoms with van der Waals surface area (Å²) in [6.07, 6.45) is 0. The van der Waals surface area contributed by atoms with Crippen molar-refractivity contribution in [3.05, 3.63) is 63.1 Å². The van der Waals surface area contributed by atoms with Crippen molar-refractivity contribution in [3.8, 4) is 0 Å². The lowest BCUT2D eigenvalue weighted by molar-refractivity contribution is 0.102. The summed E-state index contributed by atoms with van der Waals surface area (Å²) < 4.78 is 0.759. The number of hydrogen-bond donors (Lipinski definition) is 1. The summed E-state index contributed by atoms with van der Waals surface area (Å²) in [5.41, 5.74) is 2.61. The molecule has 1 amide bonds. The van der Waals surface area contributed by atoms with Gasteiger partial charge in [-0.05, 0) is 57.2 Å². The van der Waals surface area contributed by atoms with Gasteiger partial charge in [0, 0.05) is 15.1 Å². The first-order valence-corrected chi connectivity index (χ1v) is 7.81. The quantitative estimate of drug-likeness (QED) is 0.731. The van der Waals surface area contributed by atoms with Gasteiger partial charge in [0.15, 0.2) is 0 Å². The molecule has 0 aliphatic heterocycles. The molecule has 0 fully saturated rings. The van der Waals surface area contributed by atoms with Gasteiger partial charge in [0.05, 0.1) is 5.69 Å². The van der Waals surface area contributed by atoms with E-state index < -0.39 is 0 Å². The summed E-state index contributed by atoms with van der Waals surface area (Å²) >= 11 is 9.27. The van der Waals surface area contributed by atoms with Crippen LogP contribution in [0.1, 0.15) is 36.7 Å². The van der Waals surface area contributed by atoms with Crippen LogP contribution in [0.25, 0.3) is 0 Å². The van der Waals surface area contributed by atoms with Gasteiger partial charge >= 0.3 is 0 Å². The van der Waals surface area contributed by atoms with E-state index in [0.717, 1.165) is 4.47 Å². The van der Waals surface area contributed by atoms with E-state index in [9.17, 15) is 4.79 Å². The van der Waals surface area contributed by atoms with Gasteiger partial charge in [0.1, 0.15) is 0 Å². The molecule has 0 aromatic heterocycles. The maximum absolute atomic E-state index is 12.2. The van der Waals surface area contributed by atoms with Crippen LogP contribution >= 0.6 is 27.5 Å². The number of nitrogens with one attached hydrogen (secondary N) is 1. The van der Waals surface area contributed by atoms with Gasteiger partial charge in [-0.2, -0.15) is 0 Å². The Bertz CT molecular complexity index is 659. The van der Waals surface area contributed by atoms with E-state index in [1.165, 1.54) is 5.56 Å². The monoisotopic (exact) mass is 365 g/mol. The zero-order valence-corrected chi connectivity index (χ0v) is 14.5. The lowest BCUT2D eigenvalue weighted by Crippen LogP contribution is -2.14. The predicted molar refractivity (Wildman–Crippen MR) is 92.2 cm³/mol. The lowest BCUT2D eigenvalue weighted by atomic mass is 9.87. The average Bonchev–Trinajstić information content (AvgIpc) is 2.41. The summed E-state index contributed by atoms with van der Waals surface area (Å²) in [6.45, 7) is 6.44. The van der Waals surface area contributed by atoms with Crippen LogP contribution in [0.2, 0.25) is 5.02 Å². The van der Waals surface area contributed by atoms with Crippen LogP contribution in [0, 0.1) is 0 Å². The first kappa shape index (κ1) is 16.1. The van der Waals surface area contributed by atoms with Crippen LogP contribution in [-0.4, -0.2) is 5.91 Å². The molecule has 0 saturated heterocycles. The Hall–Kier alpha value is -1.32. The van der Waals surface area contributed by atoms with Gasteiger partial charge in [-0.15, -0.1) is 0 Å². The van der Waals surface area contributed by atoms with Crippen molar-refractivity contribution in [1.29, 1.82) is 0 Å². The fourth-order valence-corrected chi connectivity index (χ4v) is 2.69. The summed E-state index contributed by atoms with van der Waals surface area (Å²) in [5, 5.41) is 3.49. The predicted octanol–water partition coefficient (Wildman–Crippen LogP) is 5.65. The topological polar surface area (TPSA) is 29.1 Å². The van der Waals surface area contributed by atoms with Crippen molar-refractivity contribution in [2.24, 2.45) is 0 Å². The zero-order valence-electron chi connectivity index (χ0n) is 12.2. The van der Waals surface area contributed by atoms with Gasteiger partial charge in [0.2, 0.25) is 0 Å². The summed E-state index contributed by atoms with van der Waals surface area (Å²) in [5.74, 6) is -0.140. The van der Waals surface area contributed by atoms with Crippen molar-refractivity contribution >= 4 is 39.1 Å². The Morgan fingerprint density at radius 2 is 1.71 bits per heavy atom. The SMILES string of the molecule is CC(C)(C)c1ccc(C(=O)Nc2ccc(Cl)cc2Br)cc1. The molecule has 0 atom stereocenters. The molecule has 0 heterocycles. The van der Waals surface area contributed by atoms with Crippen molar-refractivity contribution in [2.75, 3.05) is 5.32 Å². The molecule has 0 radical (unpaired) electrons. The fraction of sp³-hybridized carbons (Fsp3) is 0.235. The highest BCUT2D eigenvalue weighted by atomic mass is 79.9. The molecular formula is C17H17BrClNO. The fourth-order valence-electron chi connectivity index (χ4n) is 1.91. The second-order valence-corrected chi connectivity index (χ2v) is 7.20. The molecule has 0 saturated carbocycles. The van der Waals surface area contributed by atoms with Crippen molar-refractivity contribution in [1.82, 2.24) is 0 Å². The third kappa shape index (κ3) is 4.08. The molecule has 2 aromatic rings. The molecule has 2 nitrogen and oxygen atoms in total. The zero-order chi connectivity index (χ0) is 15.6. The molecule has 110 valence electrons. The van der Waals surface area contributed by atoms with Crippen LogP contribution in [0.3, 0.4) is 0 Å². The van der Waals surface area contributed by atoms with Crippen LogP contribution in [0.4, 0.5) is 5.69 Å². The van der Waals surface area contributed by atoms with E-state index in [1.807, 2.05) is 24.3 Å². The summed E-state index contributed by atoms with van der Waals surface area (Å²) in [6, 6.07) is 12.9. The molecule has 4 heteroatoms. The Balaban J connectivity index is 2.17. The number of rotatable bonds is 2. The minimum atomic E-state index is -0.140. The van der Waals surface area contributed by atoms with E-state index in [4.69, 9.17) is 11.6 Å². The molecule has 1 N–H and O–H groups in total. The number of amides is 1. The van der Waals surface area contributed by atoms with E-state index >= 15 is 0 Å². The van der Waals surface area contributed by atoms with E-state index in [1.54, 1.807) is 18.2 Å². The summed E-state index contributed by atoms with van der Waals surface area (Å²) in [4.78, 5) is 12.2. The highest BCUT2D eigenvalue weighted by molar-refractivity contribution is 9.10. The number of halogens is 2. The van der Waals surface area contributed by atoms with E-state index in [2.05, 4.69) is 42.0 Å². The second-order valence-electron chi connectivity index (χ2n) is 5.91. The molecule has 2 rings (SSSR count). The van der Waals surface area contributed by atoms with Gasteiger partial charge < -0.3 is 5.32 Å². The molecule has 2 aromatic carbocycles. The van der Waals surface area contributed by atoms with Crippen molar-refractivity contribution in [3.63, 3.8) is 0 Å². The Morgan fingerprint density at radius 3 is 2.24 bits per heavy atom. The molecule has 0 spiro atoms. The molecule has 0 unspecified atom stereocenters. The Labute approximate surface area is 138 Å². The van der Waals surface area contributed by atoms with Gasteiger partial charge in [-0.25, -0.2) is 0 Å². The van der Waals surface area contributed by atoms with Crippen LogP contribution in [0.5, 0.6) is 0 Å². The molecule has 0 bridgehead atoms. The molecular weight excluding hydrogens is 350 g/mol. The number of carbonyl (C=O) groups is 1. The molecule has 21 heavy (non-hydrogen) atoms. The maximum atomic E-state index is 12.2. The largest absolute Gasteiger partial charge is 0.321 e. The minimum Gasteiger partial charge on any atom is -0.321 e. The standard InChI is InChI=1S/C17H17BrClNO/c1-17(2,3)12-6-4-11(5-7-12)16(21)20-15-9-8-13(19)10-14(15)18/h4-10H,1-3H3,(H,20,21). The van der Waals surface area contributed by atoms with Gasteiger partial charge in [0.25, 0.3) is 5.91 Å². The second kappa shape index (κ2) is 6.20. The molecule has 0 aliphatic rings. The van der Waals surface area contributed by atoms with Gasteiger partial charge in [-0.1, -0.05) is 44.5 Å². The lowest BCUT2D eigenvalue weighted by Gasteiger charge is -2.19. The highest BCUT2D eigenvalue weighted by Crippen LogP contribution is 2.27. The van der Waals surface area contributed by atoms with Crippen molar-refractivity contribution in [2.45, 2.75) is 26.2 Å². The third-order valence-corrected chi connectivity index (χ3v) is 4.08. The average molecular weight is 367 g/mol. The number of benzene rings is 2. The van der Waals surface area contributed by atoms with Crippen LogP contribution in [0.15, 0.2) is 46.9 Å². The minimum absolute atomic E-state index is 0.0776. The van der Waals surface area contributed by atoms with E-state index in [-0.39, 0.29) is 11.3 Å². The first-order chi connectivity index (χ1) is 9.77. The van der Waals surface area contributed by atoms with Crippen LogP contribution < -0.4 is 5.32 Å². The number of anilines is 1. The Kier molecular flexibility index (Phi) is 4.74. The molecule has 0 aliphatic carbocycles. The van der Waals surface area contributed by atoms with E-state index in [0.29, 0.717) is 16.3 Å². The normalized spacial score (nSPS) is 11.3. The highest BCUT2D eigenvalue weighted by Gasteiger charge is 2.14. The van der Waals surface area contributed by atoms with Gasteiger partial charge in [-0.3, -0.25) is 4.79 Å². The van der Waals surface area contributed by atoms with Crippen molar-refractivity contribution < 1.29 is 4.79 Å². The third-order valence-electron chi connectivity index (χ3n) is 3.19. The smallest absolute Gasteiger partial charge is 0.255 e. The first-order valence-electron chi connectivity index (χ1n) is 6.64. The number of hydrogen-bond acceptors (Lipinski definition) is 1. The maximum Gasteiger partial charge on any atom is 0.255 e.